The maximum absolute atomic E-state index is 12.4. The molecule has 1 heterocycles. The lowest BCUT2D eigenvalue weighted by Crippen LogP contribution is -2.56. The maximum atomic E-state index is 12.4. The molecule has 26 heavy (non-hydrogen) atoms. The summed E-state index contributed by atoms with van der Waals surface area (Å²) in [5, 5.41) is 2.97. The highest BCUT2D eigenvalue weighted by molar-refractivity contribution is 5.86. The summed E-state index contributed by atoms with van der Waals surface area (Å²) in [6.07, 6.45) is 1.14. The van der Waals surface area contributed by atoms with Crippen LogP contribution in [-0.2, 0) is 16.1 Å². The summed E-state index contributed by atoms with van der Waals surface area (Å²) in [4.78, 5) is 14.6. The maximum Gasteiger partial charge on any atom is 0.240 e. The normalized spacial score (nSPS) is 16.1. The third-order valence-electron chi connectivity index (χ3n) is 4.92. The molecule has 1 aliphatic heterocycles. The van der Waals surface area contributed by atoms with Crippen molar-refractivity contribution in [3.05, 3.63) is 60.2 Å². The molecule has 5 nitrogen and oxygen atoms in total. The molecule has 0 saturated carbocycles. The van der Waals surface area contributed by atoms with Crippen LogP contribution < -0.4 is 16.0 Å². The number of rotatable bonds is 6. The predicted molar refractivity (Wildman–Crippen MR) is 104 cm³/mol. The van der Waals surface area contributed by atoms with E-state index in [4.69, 9.17) is 10.5 Å². The van der Waals surface area contributed by atoms with Gasteiger partial charge in [-0.15, -0.1) is 0 Å². The fourth-order valence-corrected chi connectivity index (χ4v) is 3.24. The molecule has 0 radical (unpaired) electrons. The number of nitrogens with two attached hydrogens (primary N) is 1. The van der Waals surface area contributed by atoms with Gasteiger partial charge < -0.3 is 20.7 Å². The first kappa shape index (κ1) is 18.4. The van der Waals surface area contributed by atoms with Crippen LogP contribution in [0.2, 0.25) is 0 Å². The van der Waals surface area contributed by atoms with Crippen LogP contribution >= 0.6 is 0 Å². The minimum atomic E-state index is -0.801. The molecule has 0 spiro atoms. The van der Waals surface area contributed by atoms with E-state index in [1.165, 1.54) is 5.69 Å². The number of anilines is 2. The van der Waals surface area contributed by atoms with Gasteiger partial charge in [-0.1, -0.05) is 30.3 Å². The molecule has 0 unspecified atom stereocenters. The number of amides is 1. The third kappa shape index (κ3) is 4.23. The highest BCUT2D eigenvalue weighted by Gasteiger charge is 2.35. The number of carbonyl (C=O) groups is 1. The van der Waals surface area contributed by atoms with Gasteiger partial charge in [0.2, 0.25) is 5.91 Å². The van der Waals surface area contributed by atoms with Crippen LogP contribution in [0.1, 0.15) is 25.3 Å². The van der Waals surface area contributed by atoms with E-state index in [0.29, 0.717) is 32.6 Å². The lowest BCUT2D eigenvalue weighted by molar-refractivity contribution is -0.129. The monoisotopic (exact) mass is 353 g/mol. The molecule has 2 aromatic carbocycles. The standard InChI is InChI=1S/C21H27N3O2/c1-2-24(18-6-4-3-5-7-18)19-10-8-17(9-11-19)16-23-20(25)21(22)12-14-26-15-13-21/h3-11H,2,12-16,22H2,1H3,(H,23,25). The average molecular weight is 353 g/mol. The first-order valence-corrected chi connectivity index (χ1v) is 9.19. The zero-order chi connectivity index (χ0) is 18.4. The molecule has 0 atom stereocenters. The Bertz CT molecular complexity index is 710. The Morgan fingerprint density at radius 3 is 2.31 bits per heavy atom. The van der Waals surface area contributed by atoms with Gasteiger partial charge in [0.05, 0.1) is 5.54 Å². The summed E-state index contributed by atoms with van der Waals surface area (Å²) >= 11 is 0. The number of ether oxygens (including phenoxy) is 1. The second kappa shape index (κ2) is 8.34. The highest BCUT2D eigenvalue weighted by Crippen LogP contribution is 2.25. The molecule has 5 heteroatoms. The number of nitrogens with zero attached hydrogens (tertiary/aromatic N) is 1. The quantitative estimate of drug-likeness (QED) is 0.838. The number of hydrogen-bond donors (Lipinski definition) is 2. The van der Waals surface area contributed by atoms with Crippen molar-refractivity contribution in [2.75, 3.05) is 24.7 Å². The molecule has 3 rings (SSSR count). The van der Waals surface area contributed by atoms with E-state index in [9.17, 15) is 4.79 Å². The number of carbonyl (C=O) groups excluding carboxylic acids is 1. The molecule has 0 aromatic heterocycles. The van der Waals surface area contributed by atoms with Crippen molar-refractivity contribution in [1.82, 2.24) is 5.32 Å². The van der Waals surface area contributed by atoms with Crippen molar-refractivity contribution in [3.63, 3.8) is 0 Å². The minimum Gasteiger partial charge on any atom is -0.381 e. The van der Waals surface area contributed by atoms with Gasteiger partial charge in [0, 0.05) is 37.7 Å². The molecular formula is C21H27N3O2. The average Bonchev–Trinajstić information content (AvgIpc) is 2.69. The summed E-state index contributed by atoms with van der Waals surface area (Å²) in [6.45, 7) is 4.60. The topological polar surface area (TPSA) is 67.6 Å². The third-order valence-corrected chi connectivity index (χ3v) is 4.92. The van der Waals surface area contributed by atoms with E-state index in [-0.39, 0.29) is 5.91 Å². The zero-order valence-corrected chi connectivity index (χ0v) is 15.3. The molecule has 1 saturated heterocycles. The van der Waals surface area contributed by atoms with Gasteiger partial charge in [-0.3, -0.25) is 4.79 Å². The van der Waals surface area contributed by atoms with Gasteiger partial charge in [-0.05, 0) is 49.6 Å². The summed E-state index contributed by atoms with van der Waals surface area (Å²) in [5.41, 5.74) is 8.77. The van der Waals surface area contributed by atoms with E-state index in [1.807, 2.05) is 30.3 Å². The fourth-order valence-electron chi connectivity index (χ4n) is 3.24. The first-order chi connectivity index (χ1) is 12.6. The Hall–Kier alpha value is -2.37. The van der Waals surface area contributed by atoms with Crippen LogP contribution in [0.4, 0.5) is 11.4 Å². The molecule has 3 N–H and O–H groups in total. The van der Waals surface area contributed by atoms with Crippen molar-refractivity contribution < 1.29 is 9.53 Å². The Morgan fingerprint density at radius 1 is 1.08 bits per heavy atom. The first-order valence-electron chi connectivity index (χ1n) is 9.19. The molecule has 1 amide bonds. The minimum absolute atomic E-state index is 0.0932. The largest absolute Gasteiger partial charge is 0.381 e. The van der Waals surface area contributed by atoms with Crippen LogP contribution in [0.5, 0.6) is 0 Å². The smallest absolute Gasteiger partial charge is 0.240 e. The molecular weight excluding hydrogens is 326 g/mol. The van der Waals surface area contributed by atoms with Gasteiger partial charge in [0.1, 0.15) is 0 Å². The van der Waals surface area contributed by atoms with Crippen molar-refractivity contribution in [3.8, 4) is 0 Å². The van der Waals surface area contributed by atoms with Crippen LogP contribution in [0.25, 0.3) is 0 Å². The summed E-state index contributed by atoms with van der Waals surface area (Å²) < 4.78 is 5.30. The summed E-state index contributed by atoms with van der Waals surface area (Å²) in [5.74, 6) is -0.0932. The molecule has 0 bridgehead atoms. The van der Waals surface area contributed by atoms with E-state index in [0.717, 1.165) is 17.8 Å². The van der Waals surface area contributed by atoms with E-state index in [2.05, 4.69) is 41.4 Å². The van der Waals surface area contributed by atoms with Crippen LogP contribution in [0.3, 0.4) is 0 Å². The summed E-state index contributed by atoms with van der Waals surface area (Å²) in [7, 11) is 0. The molecule has 0 aliphatic carbocycles. The molecule has 138 valence electrons. The second-order valence-corrected chi connectivity index (χ2v) is 6.70. The van der Waals surface area contributed by atoms with Crippen molar-refractivity contribution in [2.45, 2.75) is 31.8 Å². The van der Waals surface area contributed by atoms with Gasteiger partial charge >= 0.3 is 0 Å². The van der Waals surface area contributed by atoms with Gasteiger partial charge in [-0.25, -0.2) is 0 Å². The van der Waals surface area contributed by atoms with Gasteiger partial charge in [-0.2, -0.15) is 0 Å². The van der Waals surface area contributed by atoms with Crippen molar-refractivity contribution in [1.29, 1.82) is 0 Å². The highest BCUT2D eigenvalue weighted by atomic mass is 16.5. The Morgan fingerprint density at radius 2 is 1.69 bits per heavy atom. The van der Waals surface area contributed by atoms with E-state index < -0.39 is 5.54 Å². The molecule has 1 aliphatic rings. The van der Waals surface area contributed by atoms with E-state index >= 15 is 0 Å². The Labute approximate surface area is 155 Å². The Balaban J connectivity index is 1.61. The zero-order valence-electron chi connectivity index (χ0n) is 15.3. The molecule has 1 fully saturated rings. The van der Waals surface area contributed by atoms with Gasteiger partial charge in [0.25, 0.3) is 0 Å². The van der Waals surface area contributed by atoms with Gasteiger partial charge in [0.15, 0.2) is 0 Å². The predicted octanol–water partition coefficient (Wildman–Crippen LogP) is 2.97. The van der Waals surface area contributed by atoms with Crippen molar-refractivity contribution in [2.24, 2.45) is 5.73 Å². The number of benzene rings is 2. The number of hydrogen-bond acceptors (Lipinski definition) is 4. The number of nitrogens with one attached hydrogen (secondary N) is 1. The van der Waals surface area contributed by atoms with Crippen LogP contribution in [0.15, 0.2) is 54.6 Å². The van der Waals surface area contributed by atoms with Crippen molar-refractivity contribution >= 4 is 17.3 Å². The lowest BCUT2D eigenvalue weighted by Gasteiger charge is -2.31. The van der Waals surface area contributed by atoms with E-state index in [1.54, 1.807) is 0 Å². The van der Waals surface area contributed by atoms with Crippen LogP contribution in [0, 0.1) is 0 Å². The summed E-state index contributed by atoms with van der Waals surface area (Å²) in [6, 6.07) is 18.6. The Kier molecular flexibility index (Phi) is 5.91. The van der Waals surface area contributed by atoms with Crippen LogP contribution in [-0.4, -0.2) is 31.2 Å². The SMILES string of the molecule is CCN(c1ccccc1)c1ccc(CNC(=O)C2(N)CCOCC2)cc1. The fraction of sp³-hybridized carbons (Fsp3) is 0.381. The second-order valence-electron chi connectivity index (χ2n) is 6.70. The number of para-hydroxylation sites is 1. The lowest BCUT2D eigenvalue weighted by atomic mass is 9.90. The molecule has 2 aromatic rings.